The first kappa shape index (κ1) is 17.7. The lowest BCUT2D eigenvalue weighted by Gasteiger charge is -2.27. The fourth-order valence-electron chi connectivity index (χ4n) is 4.12. The van der Waals surface area contributed by atoms with Crippen LogP contribution in [-0.2, 0) is 0 Å². The highest BCUT2D eigenvalue weighted by Crippen LogP contribution is 2.40. The molecule has 0 amide bonds. The molecule has 6 nitrogen and oxygen atoms in total. The minimum Gasteiger partial charge on any atom is -0.355 e. The average Bonchev–Trinajstić information content (AvgIpc) is 3.41. The van der Waals surface area contributed by atoms with Crippen LogP contribution >= 0.6 is 0 Å². The number of aromatic nitrogens is 5. The van der Waals surface area contributed by atoms with Gasteiger partial charge in [-0.3, -0.25) is 0 Å². The number of aromatic amines is 1. The van der Waals surface area contributed by atoms with Crippen LogP contribution in [0.15, 0.2) is 54.9 Å². The summed E-state index contributed by atoms with van der Waals surface area (Å²) in [6, 6.07) is 10.8. The van der Waals surface area contributed by atoms with E-state index in [4.69, 9.17) is 4.98 Å². The smallest absolute Gasteiger partial charge is 0.130 e. The van der Waals surface area contributed by atoms with Gasteiger partial charge in [-0.15, -0.1) is 4.80 Å². The lowest BCUT2D eigenvalue weighted by Crippen LogP contribution is -2.25. The molecule has 0 radical (unpaired) electrons. The summed E-state index contributed by atoms with van der Waals surface area (Å²) >= 11 is 0. The summed E-state index contributed by atoms with van der Waals surface area (Å²) in [4.78, 5) is 12.6. The standard InChI is InChI=1S/C23H24N6/c1-14-5-6-20(29-24-7-8-25-29)21(9-14)28-13-15(2)10-22(28)23-26-18-11-16(3)17(4)12-19(18)27-23/h5-9,11-12,22H,2,10,13H2,1,3-4H3,(H,26,27)/t22-/m0/s1. The van der Waals surface area contributed by atoms with Crippen molar-refractivity contribution in [2.75, 3.05) is 11.4 Å². The summed E-state index contributed by atoms with van der Waals surface area (Å²) in [5, 5.41) is 8.70. The van der Waals surface area contributed by atoms with Gasteiger partial charge in [-0.2, -0.15) is 10.2 Å². The van der Waals surface area contributed by atoms with Crippen LogP contribution in [0, 0.1) is 20.8 Å². The van der Waals surface area contributed by atoms with Crippen LogP contribution < -0.4 is 4.90 Å². The second-order valence-corrected chi connectivity index (χ2v) is 7.98. The molecular weight excluding hydrogens is 360 g/mol. The van der Waals surface area contributed by atoms with Gasteiger partial charge < -0.3 is 9.88 Å². The van der Waals surface area contributed by atoms with Gasteiger partial charge in [0.2, 0.25) is 0 Å². The maximum atomic E-state index is 4.95. The van der Waals surface area contributed by atoms with Crippen molar-refractivity contribution in [3.8, 4) is 5.69 Å². The number of fused-ring (bicyclic) bond motifs is 1. The fourth-order valence-corrected chi connectivity index (χ4v) is 4.12. The number of rotatable bonds is 3. The first-order valence-corrected chi connectivity index (χ1v) is 9.87. The van der Waals surface area contributed by atoms with E-state index in [-0.39, 0.29) is 6.04 Å². The van der Waals surface area contributed by atoms with Crippen LogP contribution in [-0.4, -0.2) is 31.5 Å². The van der Waals surface area contributed by atoms with Crippen LogP contribution in [0.2, 0.25) is 0 Å². The Kier molecular flexibility index (Phi) is 4.01. The van der Waals surface area contributed by atoms with Crippen LogP contribution in [0.25, 0.3) is 16.7 Å². The van der Waals surface area contributed by atoms with Crippen molar-refractivity contribution < 1.29 is 0 Å². The zero-order chi connectivity index (χ0) is 20.1. The Morgan fingerprint density at radius 3 is 2.55 bits per heavy atom. The van der Waals surface area contributed by atoms with Crippen LogP contribution in [0.1, 0.15) is 35.0 Å². The highest BCUT2D eigenvalue weighted by atomic mass is 15.5. The Morgan fingerprint density at radius 1 is 1.00 bits per heavy atom. The van der Waals surface area contributed by atoms with E-state index >= 15 is 0 Å². The number of H-pyrrole nitrogens is 1. The van der Waals surface area contributed by atoms with Gasteiger partial charge in [-0.25, -0.2) is 4.98 Å². The van der Waals surface area contributed by atoms with Gasteiger partial charge in [0.05, 0.1) is 35.2 Å². The summed E-state index contributed by atoms with van der Waals surface area (Å²) in [6.45, 7) is 11.4. The van der Waals surface area contributed by atoms with Gasteiger partial charge in [-0.05, 0) is 68.1 Å². The Hall–Kier alpha value is -3.41. The van der Waals surface area contributed by atoms with Crippen molar-refractivity contribution in [3.05, 3.63) is 77.4 Å². The van der Waals surface area contributed by atoms with Crippen molar-refractivity contribution in [1.82, 2.24) is 25.0 Å². The van der Waals surface area contributed by atoms with E-state index in [0.717, 1.165) is 41.2 Å². The number of nitrogens with one attached hydrogen (secondary N) is 1. The molecule has 5 rings (SSSR count). The third-order valence-electron chi connectivity index (χ3n) is 5.76. The number of anilines is 1. The fraction of sp³-hybridized carbons (Fsp3) is 0.261. The second kappa shape index (κ2) is 6.58. The molecule has 0 aliphatic carbocycles. The van der Waals surface area contributed by atoms with Crippen LogP contribution in [0.3, 0.4) is 0 Å². The minimum absolute atomic E-state index is 0.103. The van der Waals surface area contributed by atoms with Gasteiger partial charge in [0, 0.05) is 6.54 Å². The third kappa shape index (κ3) is 3.01. The molecule has 1 saturated heterocycles. The van der Waals surface area contributed by atoms with Crippen LogP contribution in [0.5, 0.6) is 0 Å². The van der Waals surface area contributed by atoms with Gasteiger partial charge in [0.25, 0.3) is 0 Å². The minimum atomic E-state index is 0.103. The number of nitrogens with zero attached hydrogens (tertiary/aromatic N) is 5. The van der Waals surface area contributed by atoms with Gasteiger partial charge >= 0.3 is 0 Å². The van der Waals surface area contributed by atoms with E-state index < -0.39 is 0 Å². The average molecular weight is 384 g/mol. The predicted octanol–water partition coefficient (Wildman–Crippen LogP) is 4.58. The Morgan fingerprint density at radius 2 is 1.76 bits per heavy atom. The number of benzene rings is 2. The van der Waals surface area contributed by atoms with E-state index in [9.17, 15) is 0 Å². The molecule has 1 atom stereocenters. The first-order chi connectivity index (χ1) is 14.0. The maximum Gasteiger partial charge on any atom is 0.130 e. The number of hydrogen-bond donors (Lipinski definition) is 1. The van der Waals surface area contributed by atoms with Crippen molar-refractivity contribution in [2.45, 2.75) is 33.2 Å². The van der Waals surface area contributed by atoms with E-state index in [1.54, 1.807) is 17.2 Å². The molecule has 29 heavy (non-hydrogen) atoms. The molecule has 2 aromatic heterocycles. The molecule has 0 saturated carbocycles. The van der Waals surface area contributed by atoms with E-state index in [2.05, 4.69) is 77.8 Å². The second-order valence-electron chi connectivity index (χ2n) is 7.98. The summed E-state index contributed by atoms with van der Waals surface area (Å²) in [6.07, 6.45) is 4.28. The topological polar surface area (TPSA) is 62.6 Å². The molecule has 146 valence electrons. The molecule has 1 N–H and O–H groups in total. The molecule has 2 aromatic carbocycles. The van der Waals surface area contributed by atoms with Crippen molar-refractivity contribution >= 4 is 16.7 Å². The number of imidazole rings is 1. The summed E-state index contributed by atoms with van der Waals surface area (Å²) in [7, 11) is 0. The molecule has 1 aliphatic rings. The van der Waals surface area contributed by atoms with E-state index in [1.165, 1.54) is 22.3 Å². The highest BCUT2D eigenvalue weighted by Gasteiger charge is 2.33. The quantitative estimate of drug-likeness (QED) is 0.525. The normalized spacial score (nSPS) is 16.9. The molecule has 1 aliphatic heterocycles. The molecule has 4 aromatic rings. The summed E-state index contributed by atoms with van der Waals surface area (Å²) < 4.78 is 0. The maximum absolute atomic E-state index is 4.95. The molecule has 0 bridgehead atoms. The Balaban J connectivity index is 1.62. The van der Waals surface area contributed by atoms with E-state index in [0.29, 0.717) is 0 Å². The molecule has 6 heteroatoms. The molecule has 1 fully saturated rings. The Bertz CT molecular complexity index is 1180. The summed E-state index contributed by atoms with van der Waals surface area (Å²) in [5.74, 6) is 0.976. The first-order valence-electron chi connectivity index (χ1n) is 9.87. The molecule has 3 heterocycles. The van der Waals surface area contributed by atoms with E-state index in [1.807, 2.05) is 0 Å². The SMILES string of the molecule is C=C1C[C@@H](c2nc3cc(C)c(C)cc3[nH]2)N(c2cc(C)ccc2-n2nccn2)C1. The zero-order valence-corrected chi connectivity index (χ0v) is 17.0. The summed E-state index contributed by atoms with van der Waals surface area (Å²) in [5.41, 5.74) is 9.07. The van der Waals surface area contributed by atoms with Gasteiger partial charge in [0.1, 0.15) is 11.5 Å². The van der Waals surface area contributed by atoms with Crippen molar-refractivity contribution in [3.63, 3.8) is 0 Å². The zero-order valence-electron chi connectivity index (χ0n) is 17.0. The number of aryl methyl sites for hydroxylation is 3. The lowest BCUT2D eigenvalue weighted by molar-refractivity contribution is 0.679. The van der Waals surface area contributed by atoms with Crippen molar-refractivity contribution in [2.24, 2.45) is 0 Å². The predicted molar refractivity (Wildman–Crippen MR) is 116 cm³/mol. The van der Waals surface area contributed by atoms with Gasteiger partial charge in [0.15, 0.2) is 0 Å². The van der Waals surface area contributed by atoms with Crippen LogP contribution in [0.4, 0.5) is 5.69 Å². The lowest BCUT2D eigenvalue weighted by atomic mass is 10.1. The Labute approximate surface area is 169 Å². The van der Waals surface area contributed by atoms with Gasteiger partial charge in [-0.1, -0.05) is 18.2 Å². The largest absolute Gasteiger partial charge is 0.355 e. The van der Waals surface area contributed by atoms with Crippen molar-refractivity contribution in [1.29, 1.82) is 0 Å². The molecule has 0 unspecified atom stereocenters. The highest BCUT2D eigenvalue weighted by molar-refractivity contribution is 5.77. The monoisotopic (exact) mass is 384 g/mol. The molecule has 0 spiro atoms. The third-order valence-corrected chi connectivity index (χ3v) is 5.76. The molecular formula is C23H24N6. The number of hydrogen-bond acceptors (Lipinski definition) is 4.